The van der Waals surface area contributed by atoms with Crippen molar-refractivity contribution in [3.63, 3.8) is 0 Å². The fourth-order valence-corrected chi connectivity index (χ4v) is 6.15. The molecule has 2 aliphatic carbocycles. The van der Waals surface area contributed by atoms with Gasteiger partial charge < -0.3 is 4.74 Å². The predicted molar refractivity (Wildman–Crippen MR) is 99.9 cm³/mol. The monoisotopic (exact) mass is 382 g/mol. The maximum Gasteiger partial charge on any atom is 0.348 e. The Labute approximate surface area is 155 Å². The van der Waals surface area contributed by atoms with Gasteiger partial charge in [0.2, 0.25) is 0 Å². The molecule has 0 aliphatic heterocycles. The van der Waals surface area contributed by atoms with Gasteiger partial charge in [0.25, 0.3) is 0 Å². The number of hydrogen-bond acceptors (Lipinski definition) is 5. The van der Waals surface area contributed by atoms with Crippen LogP contribution in [0.1, 0.15) is 78.0 Å². The number of thiophene rings is 1. The van der Waals surface area contributed by atoms with Crippen LogP contribution in [0, 0.1) is 11.3 Å². The van der Waals surface area contributed by atoms with E-state index in [9.17, 15) is 13.8 Å². The molecule has 0 bridgehead atoms. The molecule has 0 N–H and O–H groups in total. The lowest BCUT2D eigenvalue weighted by Gasteiger charge is -2.29. The molecular weight excluding hydrogens is 356 g/mol. The van der Waals surface area contributed by atoms with E-state index in [2.05, 4.69) is 0 Å². The molecule has 2 aliphatic rings. The highest BCUT2D eigenvalue weighted by molar-refractivity contribution is 7.86. The van der Waals surface area contributed by atoms with Gasteiger partial charge in [-0.25, -0.2) is 4.79 Å². The van der Waals surface area contributed by atoms with Crippen LogP contribution in [0.4, 0.5) is 0 Å². The maximum atomic E-state index is 12.7. The molecule has 0 saturated heterocycles. The zero-order valence-electron chi connectivity index (χ0n) is 15.2. The van der Waals surface area contributed by atoms with Crippen LogP contribution in [0.15, 0.2) is 4.21 Å². The molecule has 4 nitrogen and oxygen atoms in total. The van der Waals surface area contributed by atoms with Gasteiger partial charge in [0.1, 0.15) is 9.09 Å². The molecule has 1 unspecified atom stereocenters. The molecule has 25 heavy (non-hydrogen) atoms. The lowest BCUT2D eigenvalue weighted by Crippen LogP contribution is -2.28. The first kappa shape index (κ1) is 18.8. The molecule has 1 aromatic rings. The SMILES string of the molecule is CS(=O)c1sc(C(=O)OCC2CCCCC2)c2c1C(=O)CC(C)(C)C2. The summed E-state index contributed by atoms with van der Waals surface area (Å²) in [6, 6.07) is 0. The highest BCUT2D eigenvalue weighted by Gasteiger charge is 2.38. The number of rotatable bonds is 4. The molecular formula is C19H26O4S2. The average molecular weight is 383 g/mol. The number of hydrogen-bond donors (Lipinski definition) is 0. The van der Waals surface area contributed by atoms with Crippen LogP contribution < -0.4 is 0 Å². The average Bonchev–Trinajstić information content (AvgIpc) is 2.92. The smallest absolute Gasteiger partial charge is 0.348 e. The topological polar surface area (TPSA) is 60.4 Å². The molecule has 0 aromatic carbocycles. The minimum absolute atomic E-state index is 0.000898. The quantitative estimate of drug-likeness (QED) is 0.725. The summed E-state index contributed by atoms with van der Waals surface area (Å²) >= 11 is 1.19. The van der Waals surface area contributed by atoms with Crippen molar-refractivity contribution in [2.75, 3.05) is 12.9 Å². The number of carbonyl (C=O) groups excluding carboxylic acids is 2. The van der Waals surface area contributed by atoms with E-state index in [1.165, 1.54) is 30.6 Å². The summed E-state index contributed by atoms with van der Waals surface area (Å²) in [4.78, 5) is 25.8. The molecule has 1 saturated carbocycles. The lowest BCUT2D eigenvalue weighted by atomic mass is 9.74. The van der Waals surface area contributed by atoms with E-state index in [4.69, 9.17) is 4.74 Å². The summed E-state index contributed by atoms with van der Waals surface area (Å²) in [7, 11) is -1.28. The van der Waals surface area contributed by atoms with Gasteiger partial charge in [0, 0.05) is 18.2 Å². The van der Waals surface area contributed by atoms with Crippen LogP contribution in [0.2, 0.25) is 0 Å². The van der Waals surface area contributed by atoms with Gasteiger partial charge in [0.15, 0.2) is 5.78 Å². The molecule has 1 aromatic heterocycles. The normalized spacial score (nSPS) is 21.6. The molecule has 3 rings (SSSR count). The summed E-state index contributed by atoms with van der Waals surface area (Å²) < 4.78 is 18.2. The van der Waals surface area contributed by atoms with Gasteiger partial charge in [0.05, 0.1) is 17.4 Å². The molecule has 1 heterocycles. The number of carbonyl (C=O) groups is 2. The lowest BCUT2D eigenvalue weighted by molar-refractivity contribution is 0.0414. The number of fused-ring (bicyclic) bond motifs is 1. The van der Waals surface area contributed by atoms with Gasteiger partial charge >= 0.3 is 5.97 Å². The third-order valence-electron chi connectivity index (χ3n) is 5.17. The number of ketones is 1. The Balaban J connectivity index is 1.85. The molecule has 0 spiro atoms. The number of ether oxygens (including phenoxy) is 1. The molecule has 1 fully saturated rings. The van der Waals surface area contributed by atoms with Crippen molar-refractivity contribution >= 4 is 33.9 Å². The predicted octanol–water partition coefficient (Wildman–Crippen LogP) is 4.38. The summed E-state index contributed by atoms with van der Waals surface area (Å²) in [6.45, 7) is 4.52. The minimum atomic E-state index is -1.28. The van der Waals surface area contributed by atoms with Crippen LogP contribution in [-0.4, -0.2) is 28.8 Å². The van der Waals surface area contributed by atoms with Crippen molar-refractivity contribution in [1.29, 1.82) is 0 Å². The van der Waals surface area contributed by atoms with Gasteiger partial charge in [-0.15, -0.1) is 11.3 Å². The highest BCUT2D eigenvalue weighted by Crippen LogP contribution is 2.43. The van der Waals surface area contributed by atoms with Crippen LogP contribution in [0.25, 0.3) is 0 Å². The summed E-state index contributed by atoms with van der Waals surface area (Å²) in [5, 5.41) is 0. The number of esters is 1. The third kappa shape index (κ3) is 4.05. The van der Waals surface area contributed by atoms with Crippen molar-refractivity contribution in [3.8, 4) is 0 Å². The summed E-state index contributed by atoms with van der Waals surface area (Å²) in [6.07, 6.45) is 8.56. The highest BCUT2D eigenvalue weighted by atomic mass is 32.2. The Bertz CT molecular complexity index is 711. The second kappa shape index (κ2) is 7.31. The van der Waals surface area contributed by atoms with E-state index in [-0.39, 0.29) is 17.2 Å². The van der Waals surface area contributed by atoms with E-state index >= 15 is 0 Å². The van der Waals surface area contributed by atoms with Gasteiger partial charge in [-0.2, -0.15) is 0 Å². The van der Waals surface area contributed by atoms with Gasteiger partial charge in [-0.1, -0.05) is 33.1 Å². The largest absolute Gasteiger partial charge is 0.461 e. The van der Waals surface area contributed by atoms with E-state index in [0.29, 0.717) is 40.0 Å². The standard InChI is InChI=1S/C19H26O4S2/c1-19(2)9-13-15(14(20)10-19)18(25(3)22)24-16(13)17(21)23-11-12-7-5-4-6-8-12/h12H,4-11H2,1-3H3. The summed E-state index contributed by atoms with van der Waals surface area (Å²) in [5.41, 5.74) is 1.09. The zero-order valence-corrected chi connectivity index (χ0v) is 16.8. The van der Waals surface area contributed by atoms with E-state index in [0.717, 1.165) is 18.4 Å². The molecule has 138 valence electrons. The first-order valence-corrected chi connectivity index (χ1v) is 11.4. The van der Waals surface area contributed by atoms with Crippen LogP contribution in [0.3, 0.4) is 0 Å². The van der Waals surface area contributed by atoms with Crippen LogP contribution in [-0.2, 0) is 22.0 Å². The fraction of sp³-hybridized carbons (Fsp3) is 0.684. The molecule has 0 radical (unpaired) electrons. The van der Waals surface area contributed by atoms with Crippen molar-refractivity contribution in [2.45, 2.75) is 63.0 Å². The Morgan fingerprint density at radius 2 is 1.92 bits per heavy atom. The number of Topliss-reactive ketones (excluding diaryl/α,β-unsaturated/α-hetero) is 1. The van der Waals surface area contributed by atoms with Crippen molar-refractivity contribution < 1.29 is 18.5 Å². The van der Waals surface area contributed by atoms with Crippen molar-refractivity contribution in [3.05, 3.63) is 16.0 Å². The van der Waals surface area contributed by atoms with Crippen molar-refractivity contribution in [1.82, 2.24) is 0 Å². The molecule has 1 atom stereocenters. The Hall–Kier alpha value is -1.01. The van der Waals surface area contributed by atoms with E-state index < -0.39 is 10.8 Å². The fourth-order valence-electron chi connectivity index (χ4n) is 3.94. The second-order valence-electron chi connectivity index (χ2n) is 8.07. The second-order valence-corrected chi connectivity index (χ2v) is 10.7. The maximum absolute atomic E-state index is 12.7. The summed E-state index contributed by atoms with van der Waals surface area (Å²) in [5.74, 6) is 0.0967. The van der Waals surface area contributed by atoms with Gasteiger partial charge in [-0.3, -0.25) is 9.00 Å². The first-order chi connectivity index (χ1) is 11.8. The Kier molecular flexibility index (Phi) is 5.49. The van der Waals surface area contributed by atoms with E-state index in [1.54, 1.807) is 6.26 Å². The third-order valence-corrected chi connectivity index (χ3v) is 7.86. The van der Waals surface area contributed by atoms with Gasteiger partial charge in [-0.05, 0) is 36.2 Å². The zero-order chi connectivity index (χ0) is 18.2. The molecule has 6 heteroatoms. The van der Waals surface area contributed by atoms with Crippen LogP contribution in [0.5, 0.6) is 0 Å². The van der Waals surface area contributed by atoms with E-state index in [1.807, 2.05) is 13.8 Å². The van der Waals surface area contributed by atoms with Crippen molar-refractivity contribution in [2.24, 2.45) is 11.3 Å². The Morgan fingerprint density at radius 1 is 1.24 bits per heavy atom. The van der Waals surface area contributed by atoms with Crippen LogP contribution >= 0.6 is 11.3 Å². The molecule has 0 amide bonds. The Morgan fingerprint density at radius 3 is 2.56 bits per heavy atom. The minimum Gasteiger partial charge on any atom is -0.461 e. The first-order valence-electron chi connectivity index (χ1n) is 8.98.